The van der Waals surface area contributed by atoms with Crippen molar-refractivity contribution in [3.63, 3.8) is 0 Å². The van der Waals surface area contributed by atoms with Gasteiger partial charge in [-0.3, -0.25) is 0 Å². The SMILES string of the molecule is C1=Cc2cc(N(c3ccccc3)C3CC=C(C4=CC=C(N(c5ccccc5)c5ccc6ccccc6c5)CC4)CC3)ccc2CC1. The maximum Gasteiger partial charge on any atom is 0.0464 e. The molecule has 1 atom stereocenters. The molecule has 2 nitrogen and oxygen atoms in total. The van der Waals surface area contributed by atoms with Gasteiger partial charge in [0.2, 0.25) is 0 Å². The first-order valence-corrected chi connectivity index (χ1v) is 16.9. The minimum atomic E-state index is 0.438. The molecule has 46 heavy (non-hydrogen) atoms. The van der Waals surface area contributed by atoms with Gasteiger partial charge in [-0.2, -0.15) is 0 Å². The highest BCUT2D eigenvalue weighted by Crippen LogP contribution is 2.40. The van der Waals surface area contributed by atoms with Crippen LogP contribution in [0.5, 0.6) is 0 Å². The van der Waals surface area contributed by atoms with E-state index < -0.39 is 0 Å². The largest absolute Gasteiger partial charge is 0.338 e. The molecule has 0 heterocycles. The third kappa shape index (κ3) is 5.72. The van der Waals surface area contributed by atoms with Gasteiger partial charge in [0, 0.05) is 34.5 Å². The fraction of sp³-hybridized carbons (Fsp3) is 0.182. The summed E-state index contributed by atoms with van der Waals surface area (Å²) in [5.74, 6) is 0. The average Bonchev–Trinajstić information content (AvgIpc) is 3.13. The molecule has 0 saturated carbocycles. The van der Waals surface area contributed by atoms with E-state index in [-0.39, 0.29) is 0 Å². The Kier molecular flexibility index (Phi) is 7.86. The van der Waals surface area contributed by atoms with E-state index in [0.717, 1.165) is 44.9 Å². The van der Waals surface area contributed by atoms with Gasteiger partial charge >= 0.3 is 0 Å². The van der Waals surface area contributed by atoms with Gasteiger partial charge in [0.25, 0.3) is 0 Å². The van der Waals surface area contributed by atoms with Gasteiger partial charge in [-0.05, 0) is 133 Å². The Morgan fingerprint density at radius 1 is 0.543 bits per heavy atom. The standard InChI is InChI=1S/C44H40N2/c1-3-15-39(16-4-1)45(43-29-23-33-11-7-9-13-37(33)31-43)41-25-19-35(20-26-41)36-21-27-42(28-22-36)46(40-17-5-2-6-18-40)44-30-24-34-12-8-10-14-38(34)32-44/h1-7,9-11,13-19,21,23-25,29-32,42H,8,12,20,22,26-28H2. The molecule has 0 radical (unpaired) electrons. The number of allylic oxidation sites excluding steroid dienone is 6. The van der Waals surface area contributed by atoms with Crippen LogP contribution >= 0.6 is 0 Å². The van der Waals surface area contributed by atoms with E-state index in [2.05, 4.69) is 162 Å². The number of nitrogens with zero attached hydrogens (tertiary/aromatic N) is 2. The summed E-state index contributed by atoms with van der Waals surface area (Å²) in [5, 5.41) is 2.54. The van der Waals surface area contributed by atoms with Gasteiger partial charge in [0.05, 0.1) is 0 Å². The average molecular weight is 597 g/mol. The number of para-hydroxylation sites is 2. The zero-order valence-electron chi connectivity index (χ0n) is 26.4. The molecular formula is C44H40N2. The van der Waals surface area contributed by atoms with Crippen LogP contribution in [0.4, 0.5) is 22.7 Å². The quantitative estimate of drug-likeness (QED) is 0.184. The van der Waals surface area contributed by atoms with Crippen LogP contribution in [0.1, 0.15) is 49.7 Å². The lowest BCUT2D eigenvalue weighted by Gasteiger charge is -2.37. The van der Waals surface area contributed by atoms with Gasteiger partial charge in [0.1, 0.15) is 0 Å². The van der Waals surface area contributed by atoms with Gasteiger partial charge in [-0.25, -0.2) is 0 Å². The third-order valence-corrected chi connectivity index (χ3v) is 9.90. The Labute approximate surface area is 273 Å². The predicted octanol–water partition coefficient (Wildman–Crippen LogP) is 11.9. The molecule has 0 saturated heterocycles. The molecular weight excluding hydrogens is 556 g/mol. The van der Waals surface area contributed by atoms with E-state index in [1.807, 2.05) is 0 Å². The van der Waals surface area contributed by atoms with Gasteiger partial charge in [-0.1, -0.05) is 97.1 Å². The molecule has 0 fully saturated rings. The Morgan fingerprint density at radius 3 is 2.07 bits per heavy atom. The number of aryl methyl sites for hydroxylation is 1. The van der Waals surface area contributed by atoms with Crippen molar-refractivity contribution in [2.45, 2.75) is 51.0 Å². The number of hydrogen-bond donors (Lipinski definition) is 0. The van der Waals surface area contributed by atoms with Crippen molar-refractivity contribution in [3.05, 3.63) is 174 Å². The molecule has 0 aliphatic heterocycles. The first kappa shape index (κ1) is 28.4. The van der Waals surface area contributed by atoms with Crippen LogP contribution in [0, 0.1) is 0 Å². The second-order valence-electron chi connectivity index (χ2n) is 12.7. The van der Waals surface area contributed by atoms with Crippen molar-refractivity contribution in [1.82, 2.24) is 0 Å². The molecule has 1 unspecified atom stereocenters. The van der Waals surface area contributed by atoms with Crippen molar-refractivity contribution in [1.29, 1.82) is 0 Å². The Bertz CT molecular complexity index is 1980. The lowest BCUT2D eigenvalue weighted by Crippen LogP contribution is -2.32. The van der Waals surface area contributed by atoms with Crippen molar-refractivity contribution < 1.29 is 0 Å². The third-order valence-electron chi connectivity index (χ3n) is 9.90. The summed E-state index contributed by atoms with van der Waals surface area (Å²) in [4.78, 5) is 5.03. The zero-order valence-corrected chi connectivity index (χ0v) is 26.4. The summed E-state index contributed by atoms with van der Waals surface area (Å²) in [6.45, 7) is 0. The molecule has 5 aromatic carbocycles. The Hall–Kier alpha value is -5.08. The van der Waals surface area contributed by atoms with E-state index in [9.17, 15) is 0 Å². The second kappa shape index (κ2) is 12.7. The van der Waals surface area contributed by atoms with Crippen LogP contribution in [0.3, 0.4) is 0 Å². The van der Waals surface area contributed by atoms with E-state index in [0.29, 0.717) is 6.04 Å². The minimum absolute atomic E-state index is 0.438. The topological polar surface area (TPSA) is 6.48 Å². The van der Waals surface area contributed by atoms with E-state index in [1.165, 1.54) is 61.5 Å². The van der Waals surface area contributed by atoms with Crippen LogP contribution in [0.2, 0.25) is 0 Å². The molecule has 226 valence electrons. The first-order chi connectivity index (χ1) is 22.8. The number of benzene rings is 5. The van der Waals surface area contributed by atoms with Gasteiger partial charge in [0.15, 0.2) is 0 Å². The van der Waals surface area contributed by atoms with Crippen LogP contribution in [0.15, 0.2) is 162 Å². The predicted molar refractivity (Wildman–Crippen MR) is 196 cm³/mol. The van der Waals surface area contributed by atoms with E-state index in [1.54, 1.807) is 0 Å². The second-order valence-corrected chi connectivity index (χ2v) is 12.7. The van der Waals surface area contributed by atoms with Crippen molar-refractivity contribution in [2.24, 2.45) is 0 Å². The molecule has 0 amide bonds. The number of rotatable bonds is 7. The van der Waals surface area contributed by atoms with Crippen LogP contribution in [-0.2, 0) is 6.42 Å². The fourth-order valence-corrected chi connectivity index (χ4v) is 7.52. The van der Waals surface area contributed by atoms with Crippen molar-refractivity contribution in [3.8, 4) is 0 Å². The number of fused-ring (bicyclic) bond motifs is 2. The molecule has 2 heteroatoms. The van der Waals surface area contributed by atoms with Gasteiger partial charge < -0.3 is 9.80 Å². The molecule has 5 aromatic rings. The van der Waals surface area contributed by atoms with E-state index >= 15 is 0 Å². The maximum atomic E-state index is 2.59. The Balaban J connectivity index is 1.06. The number of anilines is 4. The van der Waals surface area contributed by atoms with E-state index in [4.69, 9.17) is 0 Å². The molecule has 8 rings (SSSR count). The molecule has 0 N–H and O–H groups in total. The highest BCUT2D eigenvalue weighted by molar-refractivity contribution is 5.87. The molecule has 3 aliphatic carbocycles. The molecule has 0 aromatic heterocycles. The highest BCUT2D eigenvalue weighted by Gasteiger charge is 2.26. The Morgan fingerprint density at radius 2 is 1.30 bits per heavy atom. The number of hydrogen-bond acceptors (Lipinski definition) is 2. The molecule has 0 spiro atoms. The van der Waals surface area contributed by atoms with Crippen LogP contribution in [-0.4, -0.2) is 6.04 Å². The zero-order chi connectivity index (χ0) is 30.7. The molecule has 0 bridgehead atoms. The monoisotopic (exact) mass is 596 g/mol. The summed E-state index contributed by atoms with van der Waals surface area (Å²) in [7, 11) is 0. The summed E-state index contributed by atoms with van der Waals surface area (Å²) in [6, 6.07) is 44.8. The fourth-order valence-electron chi connectivity index (χ4n) is 7.52. The summed E-state index contributed by atoms with van der Waals surface area (Å²) >= 11 is 0. The highest BCUT2D eigenvalue weighted by atomic mass is 15.2. The lowest BCUT2D eigenvalue weighted by molar-refractivity contribution is 0.576. The molecule has 3 aliphatic rings. The van der Waals surface area contributed by atoms with Crippen molar-refractivity contribution in [2.75, 3.05) is 9.80 Å². The smallest absolute Gasteiger partial charge is 0.0464 e. The van der Waals surface area contributed by atoms with Gasteiger partial charge in [-0.15, -0.1) is 0 Å². The maximum absolute atomic E-state index is 2.59. The lowest BCUT2D eigenvalue weighted by atomic mass is 9.85. The van der Waals surface area contributed by atoms with Crippen LogP contribution < -0.4 is 9.80 Å². The summed E-state index contributed by atoms with van der Waals surface area (Å²) in [5.41, 5.74) is 12.2. The van der Waals surface area contributed by atoms with Crippen LogP contribution in [0.25, 0.3) is 16.8 Å². The normalized spacial score (nSPS) is 17.5. The summed E-state index contributed by atoms with van der Waals surface area (Å²) in [6.07, 6.45) is 19.6. The van der Waals surface area contributed by atoms with Crippen molar-refractivity contribution >= 4 is 39.6 Å². The minimum Gasteiger partial charge on any atom is -0.338 e. The summed E-state index contributed by atoms with van der Waals surface area (Å²) < 4.78 is 0. The first-order valence-electron chi connectivity index (χ1n) is 16.9.